The number of hydrogen-bond acceptors (Lipinski definition) is 3. The summed E-state index contributed by atoms with van der Waals surface area (Å²) in [6, 6.07) is 16.5. The molecule has 2 aromatic rings. The summed E-state index contributed by atoms with van der Waals surface area (Å²) >= 11 is 5.67. The summed E-state index contributed by atoms with van der Waals surface area (Å²) in [7, 11) is 0. The van der Waals surface area contributed by atoms with Crippen LogP contribution < -0.4 is 4.74 Å². The van der Waals surface area contributed by atoms with Crippen LogP contribution in [0.25, 0.3) is 0 Å². The lowest BCUT2D eigenvalue weighted by molar-refractivity contribution is -0.0472. The topological polar surface area (TPSA) is 21.7 Å². The first kappa shape index (κ1) is 17.9. The van der Waals surface area contributed by atoms with Gasteiger partial charge in [0.15, 0.2) is 0 Å². The number of nitrogens with zero attached hydrogens (tertiary/aromatic N) is 1. The molecular formula is C21H25NO2S. The predicted octanol–water partition coefficient (Wildman–Crippen LogP) is 4.36. The summed E-state index contributed by atoms with van der Waals surface area (Å²) in [4.78, 5) is 3.11. The monoisotopic (exact) mass is 355 g/mol. The van der Waals surface area contributed by atoms with E-state index in [9.17, 15) is 0 Å². The molecule has 1 saturated heterocycles. The van der Waals surface area contributed by atoms with Crippen LogP contribution in [0.3, 0.4) is 0 Å². The number of aryl methyl sites for hydroxylation is 1. The van der Waals surface area contributed by atoms with Crippen LogP contribution in [0.5, 0.6) is 5.75 Å². The van der Waals surface area contributed by atoms with E-state index >= 15 is 0 Å². The van der Waals surface area contributed by atoms with Crippen LogP contribution in [0.2, 0.25) is 0 Å². The average molecular weight is 356 g/mol. The Morgan fingerprint density at radius 3 is 2.24 bits per heavy atom. The van der Waals surface area contributed by atoms with Crippen LogP contribution in [0, 0.1) is 6.92 Å². The Labute approximate surface area is 155 Å². The summed E-state index contributed by atoms with van der Waals surface area (Å²) in [6.45, 7) is 8.52. The largest absolute Gasteiger partial charge is 0.489 e. The summed E-state index contributed by atoms with van der Waals surface area (Å²) in [5.74, 6) is 0.857. The van der Waals surface area contributed by atoms with Gasteiger partial charge in [-0.3, -0.25) is 0 Å². The second kappa shape index (κ2) is 7.98. The van der Waals surface area contributed by atoms with Gasteiger partial charge in [-0.2, -0.15) is 0 Å². The normalized spacial score (nSPS) is 20.4. The molecule has 0 spiro atoms. The molecule has 0 aliphatic carbocycles. The molecule has 0 bridgehead atoms. The van der Waals surface area contributed by atoms with E-state index in [1.807, 2.05) is 24.3 Å². The minimum atomic E-state index is 0.207. The molecule has 2 atom stereocenters. The van der Waals surface area contributed by atoms with E-state index in [1.165, 1.54) is 11.1 Å². The van der Waals surface area contributed by atoms with Gasteiger partial charge in [0.2, 0.25) is 0 Å². The quantitative estimate of drug-likeness (QED) is 0.760. The van der Waals surface area contributed by atoms with Crippen molar-refractivity contribution in [2.75, 3.05) is 13.1 Å². The van der Waals surface area contributed by atoms with Gasteiger partial charge in [0.25, 0.3) is 0 Å². The summed E-state index contributed by atoms with van der Waals surface area (Å²) < 4.78 is 11.7. The van der Waals surface area contributed by atoms with Gasteiger partial charge in [0.05, 0.1) is 12.2 Å². The first-order valence-corrected chi connectivity index (χ1v) is 9.15. The molecule has 4 heteroatoms. The minimum absolute atomic E-state index is 0.207. The molecule has 3 rings (SSSR count). The number of thiocarbonyl (C=S) groups is 1. The third-order valence-corrected chi connectivity index (χ3v) is 4.83. The maximum absolute atomic E-state index is 5.87. The standard InChI is InChI=1S/C21H25NO2S/c1-15-4-6-18(7-5-15)14-23-20-10-8-19(9-11-20)21(25)22-12-16(2)24-17(3)13-22/h4-11,16-17H,12-14H2,1-3H3/t16-,17+. The van der Waals surface area contributed by atoms with Crippen molar-refractivity contribution in [1.29, 1.82) is 0 Å². The Balaban J connectivity index is 1.59. The molecule has 3 nitrogen and oxygen atoms in total. The van der Waals surface area contributed by atoms with Crippen molar-refractivity contribution in [2.24, 2.45) is 0 Å². The van der Waals surface area contributed by atoms with Crippen LogP contribution in [0.4, 0.5) is 0 Å². The van der Waals surface area contributed by atoms with Crippen LogP contribution >= 0.6 is 12.2 Å². The SMILES string of the molecule is Cc1ccc(COc2ccc(C(=S)N3C[C@@H](C)O[C@@H](C)C3)cc2)cc1. The number of ether oxygens (including phenoxy) is 2. The van der Waals surface area contributed by atoms with Crippen molar-refractivity contribution in [3.05, 3.63) is 65.2 Å². The second-order valence-electron chi connectivity index (χ2n) is 6.77. The lowest BCUT2D eigenvalue weighted by atomic mass is 10.1. The van der Waals surface area contributed by atoms with Gasteiger partial charge in [-0.25, -0.2) is 0 Å². The fourth-order valence-corrected chi connectivity index (χ4v) is 3.36. The van der Waals surface area contributed by atoms with E-state index in [-0.39, 0.29) is 12.2 Å². The van der Waals surface area contributed by atoms with Crippen LogP contribution in [-0.2, 0) is 11.3 Å². The van der Waals surface area contributed by atoms with Gasteiger partial charge in [0.1, 0.15) is 17.3 Å². The third kappa shape index (κ3) is 4.80. The van der Waals surface area contributed by atoms with E-state index in [2.05, 4.69) is 49.9 Å². The Morgan fingerprint density at radius 1 is 1.04 bits per heavy atom. The Morgan fingerprint density at radius 2 is 1.64 bits per heavy atom. The van der Waals surface area contributed by atoms with E-state index in [1.54, 1.807) is 0 Å². The zero-order chi connectivity index (χ0) is 17.8. The first-order valence-electron chi connectivity index (χ1n) is 8.74. The predicted molar refractivity (Wildman–Crippen MR) is 105 cm³/mol. The van der Waals surface area contributed by atoms with Crippen molar-refractivity contribution in [3.8, 4) is 5.75 Å². The summed E-state index contributed by atoms with van der Waals surface area (Å²) in [5.41, 5.74) is 3.48. The Hall–Kier alpha value is -1.91. The molecule has 0 unspecified atom stereocenters. The first-order chi connectivity index (χ1) is 12.0. The molecule has 1 fully saturated rings. The van der Waals surface area contributed by atoms with Crippen molar-refractivity contribution in [3.63, 3.8) is 0 Å². The van der Waals surface area contributed by atoms with Crippen molar-refractivity contribution >= 4 is 17.2 Å². The molecule has 132 valence electrons. The number of benzene rings is 2. The maximum atomic E-state index is 5.87. The van der Waals surface area contributed by atoms with Gasteiger partial charge < -0.3 is 14.4 Å². The third-order valence-electron chi connectivity index (χ3n) is 4.33. The van der Waals surface area contributed by atoms with Crippen LogP contribution in [0.15, 0.2) is 48.5 Å². The minimum Gasteiger partial charge on any atom is -0.489 e. The molecule has 1 heterocycles. The highest BCUT2D eigenvalue weighted by Gasteiger charge is 2.24. The van der Waals surface area contributed by atoms with E-state index in [4.69, 9.17) is 21.7 Å². The Kier molecular flexibility index (Phi) is 5.71. The fourth-order valence-electron chi connectivity index (χ4n) is 3.07. The van der Waals surface area contributed by atoms with Crippen molar-refractivity contribution < 1.29 is 9.47 Å². The van der Waals surface area contributed by atoms with E-state index in [0.29, 0.717) is 6.61 Å². The molecule has 2 aromatic carbocycles. The number of rotatable bonds is 4. The molecule has 0 amide bonds. The zero-order valence-corrected chi connectivity index (χ0v) is 15.9. The number of morpholine rings is 1. The smallest absolute Gasteiger partial charge is 0.119 e. The summed E-state index contributed by atoms with van der Waals surface area (Å²) in [6.07, 6.45) is 0.414. The molecule has 1 aliphatic heterocycles. The van der Waals surface area contributed by atoms with Crippen molar-refractivity contribution in [1.82, 2.24) is 4.90 Å². The molecule has 0 N–H and O–H groups in total. The van der Waals surface area contributed by atoms with Gasteiger partial charge in [0, 0.05) is 18.7 Å². The highest BCUT2D eigenvalue weighted by atomic mass is 32.1. The van der Waals surface area contributed by atoms with Gasteiger partial charge in [-0.15, -0.1) is 0 Å². The number of hydrogen-bond donors (Lipinski definition) is 0. The molecule has 0 aromatic heterocycles. The molecule has 1 aliphatic rings. The van der Waals surface area contributed by atoms with E-state index < -0.39 is 0 Å². The lowest BCUT2D eigenvalue weighted by Crippen LogP contribution is -2.47. The zero-order valence-electron chi connectivity index (χ0n) is 15.1. The molecule has 0 saturated carbocycles. The van der Waals surface area contributed by atoms with Crippen LogP contribution in [0.1, 0.15) is 30.5 Å². The Bertz CT molecular complexity index is 702. The van der Waals surface area contributed by atoms with Crippen LogP contribution in [-0.4, -0.2) is 35.2 Å². The average Bonchev–Trinajstić information content (AvgIpc) is 2.60. The fraction of sp³-hybridized carbons (Fsp3) is 0.381. The van der Waals surface area contributed by atoms with Crippen molar-refractivity contribution in [2.45, 2.75) is 39.6 Å². The highest BCUT2D eigenvalue weighted by molar-refractivity contribution is 7.80. The molecule has 0 radical (unpaired) electrons. The lowest BCUT2D eigenvalue weighted by Gasteiger charge is -2.37. The van der Waals surface area contributed by atoms with Gasteiger partial charge in [-0.1, -0.05) is 42.0 Å². The molecule has 25 heavy (non-hydrogen) atoms. The van der Waals surface area contributed by atoms with Gasteiger partial charge >= 0.3 is 0 Å². The highest BCUT2D eigenvalue weighted by Crippen LogP contribution is 2.19. The van der Waals surface area contributed by atoms with Gasteiger partial charge in [-0.05, 0) is 50.6 Å². The second-order valence-corrected chi connectivity index (χ2v) is 7.15. The van der Waals surface area contributed by atoms with E-state index in [0.717, 1.165) is 29.4 Å². The maximum Gasteiger partial charge on any atom is 0.119 e. The summed E-state index contributed by atoms with van der Waals surface area (Å²) in [5, 5.41) is 0. The molecular weight excluding hydrogens is 330 g/mol.